The summed E-state index contributed by atoms with van der Waals surface area (Å²) in [5, 5.41) is 12.4. The minimum Gasteiger partial charge on any atom is -0.448 e. The molecule has 19 heavy (non-hydrogen) atoms. The number of anilines is 1. The van der Waals surface area contributed by atoms with Crippen molar-refractivity contribution in [1.82, 2.24) is 20.0 Å². The Bertz CT molecular complexity index is 716. The number of rotatable bonds is 2. The van der Waals surface area contributed by atoms with E-state index in [2.05, 4.69) is 31.2 Å². The van der Waals surface area contributed by atoms with Crippen molar-refractivity contribution in [2.24, 2.45) is 0 Å². The van der Waals surface area contributed by atoms with Gasteiger partial charge in [0.05, 0.1) is 5.69 Å². The summed E-state index contributed by atoms with van der Waals surface area (Å²) in [5.74, 6) is 1.68. The van der Waals surface area contributed by atoms with Crippen LogP contribution >= 0.6 is 15.9 Å². The zero-order valence-electron chi connectivity index (χ0n) is 10.0. The fourth-order valence-corrected chi connectivity index (χ4v) is 1.96. The SMILES string of the molecule is Cc1ccc(-n2nc(-c3ccc(Br)o3)cc2N)nn1. The summed E-state index contributed by atoms with van der Waals surface area (Å²) in [6.07, 6.45) is 0. The summed E-state index contributed by atoms with van der Waals surface area (Å²) in [5.41, 5.74) is 7.42. The van der Waals surface area contributed by atoms with Crippen molar-refractivity contribution in [3.63, 3.8) is 0 Å². The topological polar surface area (TPSA) is 82.8 Å². The lowest BCUT2D eigenvalue weighted by molar-refractivity contribution is 0.553. The molecular weight excluding hydrogens is 310 g/mol. The van der Waals surface area contributed by atoms with Gasteiger partial charge in [0, 0.05) is 6.07 Å². The van der Waals surface area contributed by atoms with E-state index in [1.165, 1.54) is 4.68 Å². The zero-order chi connectivity index (χ0) is 13.4. The second-order valence-corrected chi connectivity index (χ2v) is 4.78. The van der Waals surface area contributed by atoms with Gasteiger partial charge in [0.15, 0.2) is 16.2 Å². The molecule has 96 valence electrons. The minimum absolute atomic E-state index is 0.473. The first kappa shape index (κ1) is 11.9. The van der Waals surface area contributed by atoms with E-state index in [0.29, 0.717) is 27.8 Å². The lowest BCUT2D eigenvalue weighted by Gasteiger charge is -2.01. The Kier molecular flexibility index (Phi) is 2.83. The molecule has 2 N–H and O–H groups in total. The standard InChI is InChI=1S/C12H10BrN5O/c1-7-2-5-12(16-15-7)18-11(14)6-8(17-18)9-3-4-10(13)19-9/h2-6H,14H2,1H3. The molecule has 0 spiro atoms. The largest absolute Gasteiger partial charge is 0.448 e. The van der Waals surface area contributed by atoms with Crippen LogP contribution < -0.4 is 5.73 Å². The summed E-state index contributed by atoms with van der Waals surface area (Å²) in [6, 6.07) is 9.01. The van der Waals surface area contributed by atoms with Crippen LogP contribution in [0.25, 0.3) is 17.3 Å². The number of halogens is 1. The number of nitrogens with two attached hydrogens (primary N) is 1. The molecule has 3 heterocycles. The van der Waals surface area contributed by atoms with Crippen molar-refractivity contribution >= 4 is 21.7 Å². The van der Waals surface area contributed by atoms with Gasteiger partial charge < -0.3 is 10.2 Å². The van der Waals surface area contributed by atoms with Crippen molar-refractivity contribution < 1.29 is 4.42 Å². The van der Waals surface area contributed by atoms with Gasteiger partial charge in [-0.25, -0.2) is 0 Å². The van der Waals surface area contributed by atoms with Crippen LogP contribution in [0.2, 0.25) is 0 Å². The van der Waals surface area contributed by atoms with Crippen LogP contribution in [-0.4, -0.2) is 20.0 Å². The summed E-state index contributed by atoms with van der Waals surface area (Å²) < 4.78 is 7.61. The van der Waals surface area contributed by atoms with Gasteiger partial charge in [-0.1, -0.05) is 0 Å². The van der Waals surface area contributed by atoms with E-state index in [1.54, 1.807) is 12.1 Å². The predicted molar refractivity (Wildman–Crippen MR) is 73.7 cm³/mol. The number of aromatic nitrogens is 4. The van der Waals surface area contributed by atoms with E-state index in [9.17, 15) is 0 Å². The van der Waals surface area contributed by atoms with Gasteiger partial charge in [0.1, 0.15) is 11.5 Å². The van der Waals surface area contributed by atoms with E-state index >= 15 is 0 Å². The molecular formula is C12H10BrN5O. The number of furan rings is 1. The molecule has 0 unspecified atom stereocenters. The molecule has 3 rings (SSSR count). The number of nitrogen functional groups attached to an aromatic ring is 1. The second kappa shape index (κ2) is 4.51. The highest BCUT2D eigenvalue weighted by atomic mass is 79.9. The lowest BCUT2D eigenvalue weighted by Crippen LogP contribution is -2.05. The van der Waals surface area contributed by atoms with Crippen molar-refractivity contribution in [2.45, 2.75) is 6.92 Å². The molecule has 0 saturated heterocycles. The van der Waals surface area contributed by atoms with Gasteiger partial charge in [-0.2, -0.15) is 14.9 Å². The third kappa shape index (κ3) is 2.24. The maximum Gasteiger partial charge on any atom is 0.178 e. The summed E-state index contributed by atoms with van der Waals surface area (Å²) in [4.78, 5) is 0. The molecule has 6 nitrogen and oxygen atoms in total. The molecule has 0 aliphatic carbocycles. The van der Waals surface area contributed by atoms with Crippen molar-refractivity contribution in [3.05, 3.63) is 40.7 Å². The molecule has 0 saturated carbocycles. The Hall–Kier alpha value is -2.15. The van der Waals surface area contributed by atoms with Gasteiger partial charge in [-0.3, -0.25) is 0 Å². The average Bonchev–Trinajstić information content (AvgIpc) is 2.97. The Morgan fingerprint density at radius 1 is 1.21 bits per heavy atom. The van der Waals surface area contributed by atoms with Crippen LogP contribution in [0.3, 0.4) is 0 Å². The molecule has 0 aliphatic heterocycles. The number of hydrogen-bond donors (Lipinski definition) is 1. The Morgan fingerprint density at radius 3 is 2.68 bits per heavy atom. The van der Waals surface area contributed by atoms with Crippen LogP contribution in [0.15, 0.2) is 39.4 Å². The minimum atomic E-state index is 0.473. The Morgan fingerprint density at radius 2 is 2.05 bits per heavy atom. The third-order valence-electron chi connectivity index (χ3n) is 2.56. The average molecular weight is 320 g/mol. The maximum absolute atomic E-state index is 5.93. The van der Waals surface area contributed by atoms with Gasteiger partial charge in [0.25, 0.3) is 0 Å². The predicted octanol–water partition coefficient (Wildman–Crippen LogP) is 2.58. The van der Waals surface area contributed by atoms with Crippen LogP contribution in [0.4, 0.5) is 5.82 Å². The highest BCUT2D eigenvalue weighted by Gasteiger charge is 2.12. The van der Waals surface area contributed by atoms with Crippen molar-refractivity contribution in [3.8, 4) is 17.3 Å². The smallest absolute Gasteiger partial charge is 0.178 e. The van der Waals surface area contributed by atoms with Crippen molar-refractivity contribution in [2.75, 3.05) is 5.73 Å². The van der Waals surface area contributed by atoms with E-state index in [4.69, 9.17) is 10.2 Å². The Balaban J connectivity index is 2.04. The second-order valence-electron chi connectivity index (χ2n) is 4.00. The first-order valence-electron chi connectivity index (χ1n) is 5.55. The molecule has 0 atom stereocenters. The van der Waals surface area contributed by atoms with Gasteiger partial charge in [-0.15, -0.1) is 5.10 Å². The fourth-order valence-electron chi connectivity index (χ4n) is 1.66. The van der Waals surface area contributed by atoms with Gasteiger partial charge >= 0.3 is 0 Å². The molecule has 0 aromatic carbocycles. The number of hydrogen-bond acceptors (Lipinski definition) is 5. The summed E-state index contributed by atoms with van der Waals surface area (Å²) >= 11 is 3.25. The normalized spacial score (nSPS) is 10.8. The molecule has 7 heteroatoms. The van der Waals surface area contributed by atoms with E-state index in [0.717, 1.165) is 5.69 Å². The fraction of sp³-hybridized carbons (Fsp3) is 0.0833. The molecule has 3 aromatic heterocycles. The molecule has 0 radical (unpaired) electrons. The number of nitrogens with zero attached hydrogens (tertiary/aromatic N) is 4. The lowest BCUT2D eigenvalue weighted by atomic mass is 10.3. The third-order valence-corrected chi connectivity index (χ3v) is 2.99. The maximum atomic E-state index is 5.93. The van der Waals surface area contributed by atoms with Crippen LogP contribution in [0.1, 0.15) is 5.69 Å². The molecule has 0 aliphatic rings. The zero-order valence-corrected chi connectivity index (χ0v) is 11.6. The quantitative estimate of drug-likeness (QED) is 0.785. The molecule has 0 fully saturated rings. The monoisotopic (exact) mass is 319 g/mol. The van der Waals surface area contributed by atoms with E-state index in [-0.39, 0.29) is 0 Å². The van der Waals surface area contributed by atoms with Gasteiger partial charge in [0.2, 0.25) is 0 Å². The highest BCUT2D eigenvalue weighted by molar-refractivity contribution is 9.10. The van der Waals surface area contributed by atoms with E-state index < -0.39 is 0 Å². The van der Waals surface area contributed by atoms with Crippen LogP contribution in [0, 0.1) is 6.92 Å². The first-order chi connectivity index (χ1) is 9.13. The van der Waals surface area contributed by atoms with Crippen molar-refractivity contribution in [1.29, 1.82) is 0 Å². The number of aryl methyl sites for hydroxylation is 1. The summed E-state index contributed by atoms with van der Waals surface area (Å²) in [6.45, 7) is 1.87. The van der Waals surface area contributed by atoms with Gasteiger partial charge in [-0.05, 0) is 47.1 Å². The Labute approximate surface area is 117 Å². The first-order valence-corrected chi connectivity index (χ1v) is 6.35. The highest BCUT2D eigenvalue weighted by Crippen LogP contribution is 2.26. The summed E-state index contributed by atoms with van der Waals surface area (Å²) in [7, 11) is 0. The molecule has 0 bridgehead atoms. The van der Waals surface area contributed by atoms with Crippen LogP contribution in [-0.2, 0) is 0 Å². The molecule has 3 aromatic rings. The van der Waals surface area contributed by atoms with E-state index in [1.807, 2.05) is 25.1 Å². The molecule has 0 amide bonds. The van der Waals surface area contributed by atoms with Crippen LogP contribution in [0.5, 0.6) is 0 Å².